The molecular formula is C30H34N2O10. The summed E-state index contributed by atoms with van der Waals surface area (Å²) in [7, 11) is 0. The highest BCUT2D eigenvalue weighted by Gasteiger charge is 2.51. The van der Waals surface area contributed by atoms with E-state index >= 15 is 0 Å². The van der Waals surface area contributed by atoms with Gasteiger partial charge in [-0.3, -0.25) is 19.2 Å². The molecule has 224 valence electrons. The lowest BCUT2D eigenvalue weighted by molar-refractivity contribution is -0.274. The van der Waals surface area contributed by atoms with Crippen LogP contribution in [-0.2, 0) is 51.1 Å². The molecule has 1 fully saturated rings. The molecule has 42 heavy (non-hydrogen) atoms. The number of nitrogens with one attached hydrogen (secondary N) is 2. The van der Waals surface area contributed by atoms with Gasteiger partial charge in [-0.1, -0.05) is 42.5 Å². The van der Waals surface area contributed by atoms with Gasteiger partial charge >= 0.3 is 17.9 Å². The summed E-state index contributed by atoms with van der Waals surface area (Å²) in [5.74, 6) is -2.50. The van der Waals surface area contributed by atoms with E-state index in [-0.39, 0.29) is 25.5 Å². The smallest absolute Gasteiger partial charge is 0.305 e. The topological polar surface area (TPSA) is 162 Å². The third-order valence-electron chi connectivity index (χ3n) is 6.62. The number of fused-ring (bicyclic) bond motifs is 1. The summed E-state index contributed by atoms with van der Waals surface area (Å²) in [6.07, 6.45) is -4.21. The fourth-order valence-electron chi connectivity index (χ4n) is 4.74. The Balaban J connectivity index is 1.67. The standard InChI is InChI=1S/C30H34N2O10/c1-17(34)38-16-25-27(40-18(2)35)28(39-15-21-10-8-20(9-11-21)12-13-33)26(30(42-25)41-19(3)36)32-29(37)24-14-22-6-4-5-7-23(22)31-24/h4-11,14,25-28,30-31,33H,12-13,15-16H2,1-3H3,(H,32,37)/t25?,26?,27-,28+,30-/m0/s1. The number of H-pyrrole nitrogens is 1. The molecule has 2 unspecified atom stereocenters. The Morgan fingerprint density at radius 2 is 1.60 bits per heavy atom. The lowest BCUT2D eigenvalue weighted by Gasteiger charge is -2.45. The zero-order valence-electron chi connectivity index (χ0n) is 23.5. The van der Waals surface area contributed by atoms with Crippen LogP contribution in [0.2, 0.25) is 0 Å². The Bertz CT molecular complexity index is 1370. The van der Waals surface area contributed by atoms with Gasteiger partial charge in [-0.15, -0.1) is 0 Å². The Morgan fingerprint density at radius 3 is 2.24 bits per heavy atom. The molecule has 1 aliphatic rings. The lowest BCUT2D eigenvalue weighted by atomic mass is 9.95. The van der Waals surface area contributed by atoms with Crippen molar-refractivity contribution >= 4 is 34.7 Å². The molecule has 4 rings (SSSR count). The summed E-state index contributed by atoms with van der Waals surface area (Å²) < 4.78 is 28.4. The molecule has 1 aliphatic heterocycles. The van der Waals surface area contributed by atoms with Crippen molar-refractivity contribution in [2.24, 2.45) is 0 Å². The third-order valence-corrected chi connectivity index (χ3v) is 6.62. The van der Waals surface area contributed by atoms with Crippen LogP contribution in [0.25, 0.3) is 10.9 Å². The van der Waals surface area contributed by atoms with Gasteiger partial charge < -0.3 is 39.1 Å². The zero-order valence-corrected chi connectivity index (χ0v) is 23.5. The van der Waals surface area contributed by atoms with E-state index in [0.29, 0.717) is 6.42 Å². The van der Waals surface area contributed by atoms with Crippen LogP contribution in [0.1, 0.15) is 42.4 Å². The number of aliphatic hydroxyl groups excluding tert-OH is 1. The normalized spacial score (nSPS) is 21.9. The lowest BCUT2D eigenvalue weighted by Crippen LogP contribution is -2.66. The number of aromatic amines is 1. The maximum atomic E-state index is 13.5. The average Bonchev–Trinajstić information content (AvgIpc) is 3.38. The molecule has 12 nitrogen and oxygen atoms in total. The zero-order chi connectivity index (χ0) is 30.2. The molecule has 0 spiro atoms. The molecular weight excluding hydrogens is 548 g/mol. The maximum Gasteiger partial charge on any atom is 0.305 e. The van der Waals surface area contributed by atoms with Crippen molar-refractivity contribution in [1.82, 2.24) is 10.3 Å². The average molecular weight is 583 g/mol. The highest BCUT2D eigenvalue weighted by molar-refractivity contribution is 5.98. The van der Waals surface area contributed by atoms with Gasteiger partial charge in [-0.25, -0.2) is 0 Å². The van der Waals surface area contributed by atoms with Gasteiger partial charge in [0.05, 0.1) is 6.61 Å². The first-order chi connectivity index (χ1) is 20.1. The van der Waals surface area contributed by atoms with Crippen LogP contribution in [0.5, 0.6) is 0 Å². The van der Waals surface area contributed by atoms with E-state index in [9.17, 15) is 24.3 Å². The Hall–Kier alpha value is -4.26. The number of rotatable bonds is 11. The Labute approximate surface area is 242 Å². The van der Waals surface area contributed by atoms with E-state index in [1.807, 2.05) is 48.5 Å². The number of para-hydroxylation sites is 1. The van der Waals surface area contributed by atoms with Crippen LogP contribution in [0, 0.1) is 0 Å². The molecule has 3 N–H and O–H groups in total. The van der Waals surface area contributed by atoms with Gasteiger partial charge in [0.1, 0.15) is 30.6 Å². The van der Waals surface area contributed by atoms with Crippen LogP contribution in [-0.4, -0.2) is 77.8 Å². The van der Waals surface area contributed by atoms with Crippen LogP contribution in [0.3, 0.4) is 0 Å². The largest absolute Gasteiger partial charge is 0.463 e. The van der Waals surface area contributed by atoms with Crippen molar-refractivity contribution in [3.63, 3.8) is 0 Å². The molecule has 0 bridgehead atoms. The number of aliphatic hydroxyl groups is 1. The molecule has 5 atom stereocenters. The SMILES string of the molecule is CC(=O)OCC1O[C@H](OC(C)=O)C(NC(=O)c2cc3ccccc3[nH]2)[C@@H](OCc2ccc(CCO)cc2)[C@H]1OC(C)=O. The first kappa shape index (κ1) is 30.7. The molecule has 1 aromatic heterocycles. The van der Waals surface area contributed by atoms with Crippen molar-refractivity contribution in [2.75, 3.05) is 13.2 Å². The molecule has 12 heteroatoms. The van der Waals surface area contributed by atoms with Crippen molar-refractivity contribution < 1.29 is 48.0 Å². The predicted octanol–water partition coefficient (Wildman–Crippen LogP) is 2.17. The van der Waals surface area contributed by atoms with Gasteiger partial charge in [-0.05, 0) is 29.7 Å². The van der Waals surface area contributed by atoms with Crippen LogP contribution >= 0.6 is 0 Å². The van der Waals surface area contributed by atoms with E-state index in [1.54, 1.807) is 6.07 Å². The number of hydrogen-bond donors (Lipinski definition) is 3. The summed E-state index contributed by atoms with van der Waals surface area (Å²) in [5.41, 5.74) is 2.67. The molecule has 0 radical (unpaired) electrons. The van der Waals surface area contributed by atoms with Crippen molar-refractivity contribution in [3.05, 3.63) is 71.4 Å². The van der Waals surface area contributed by atoms with Gasteiger partial charge in [0.2, 0.25) is 6.29 Å². The van der Waals surface area contributed by atoms with Crippen molar-refractivity contribution in [1.29, 1.82) is 0 Å². The number of carbonyl (C=O) groups excluding carboxylic acids is 4. The highest BCUT2D eigenvalue weighted by atomic mass is 16.7. The highest BCUT2D eigenvalue weighted by Crippen LogP contribution is 2.29. The fraction of sp³-hybridized carbons (Fsp3) is 0.400. The molecule has 1 saturated heterocycles. The number of esters is 3. The molecule has 2 heterocycles. The molecule has 0 aliphatic carbocycles. The van der Waals surface area contributed by atoms with Gasteiger partial charge in [-0.2, -0.15) is 0 Å². The summed E-state index contributed by atoms with van der Waals surface area (Å²) in [4.78, 5) is 52.4. The van der Waals surface area contributed by atoms with E-state index in [1.165, 1.54) is 20.8 Å². The number of carbonyl (C=O) groups is 4. The quantitative estimate of drug-likeness (QED) is 0.226. The van der Waals surface area contributed by atoms with Crippen LogP contribution in [0.15, 0.2) is 54.6 Å². The van der Waals surface area contributed by atoms with E-state index < -0.39 is 54.5 Å². The maximum absolute atomic E-state index is 13.5. The molecule has 1 amide bonds. The molecule has 3 aromatic rings. The summed E-state index contributed by atoms with van der Waals surface area (Å²) in [6.45, 7) is 3.31. The minimum atomic E-state index is -1.37. The minimum Gasteiger partial charge on any atom is -0.463 e. The second kappa shape index (κ2) is 14.1. The summed E-state index contributed by atoms with van der Waals surface area (Å²) in [5, 5.41) is 12.8. The number of amides is 1. The number of benzene rings is 2. The van der Waals surface area contributed by atoms with Gasteiger partial charge in [0, 0.05) is 38.3 Å². The van der Waals surface area contributed by atoms with Crippen molar-refractivity contribution in [2.45, 2.75) is 64.4 Å². The monoisotopic (exact) mass is 582 g/mol. The van der Waals surface area contributed by atoms with Crippen LogP contribution in [0.4, 0.5) is 0 Å². The second-order valence-corrected chi connectivity index (χ2v) is 9.86. The summed E-state index contributed by atoms with van der Waals surface area (Å²) >= 11 is 0. The number of ether oxygens (including phenoxy) is 5. The molecule has 0 saturated carbocycles. The first-order valence-corrected chi connectivity index (χ1v) is 13.5. The summed E-state index contributed by atoms with van der Waals surface area (Å²) in [6, 6.07) is 15.2. The van der Waals surface area contributed by atoms with Crippen LogP contribution < -0.4 is 5.32 Å². The van der Waals surface area contributed by atoms with E-state index in [4.69, 9.17) is 23.7 Å². The van der Waals surface area contributed by atoms with Gasteiger partial charge in [0.15, 0.2) is 6.10 Å². The van der Waals surface area contributed by atoms with Gasteiger partial charge in [0.25, 0.3) is 5.91 Å². The second-order valence-electron chi connectivity index (χ2n) is 9.86. The number of hydrogen-bond acceptors (Lipinski definition) is 10. The first-order valence-electron chi connectivity index (χ1n) is 13.5. The fourth-order valence-corrected chi connectivity index (χ4v) is 4.74. The Kier molecular flexibility index (Phi) is 10.3. The third kappa shape index (κ3) is 7.93. The predicted molar refractivity (Wildman–Crippen MR) is 148 cm³/mol. The van der Waals surface area contributed by atoms with E-state index in [2.05, 4.69) is 10.3 Å². The van der Waals surface area contributed by atoms with E-state index in [0.717, 1.165) is 22.0 Å². The Morgan fingerprint density at radius 1 is 0.905 bits per heavy atom. The minimum absolute atomic E-state index is 0.0149. The van der Waals surface area contributed by atoms with Crippen molar-refractivity contribution in [3.8, 4) is 0 Å². The number of aromatic nitrogens is 1. The molecule has 2 aromatic carbocycles.